The second-order valence-corrected chi connectivity index (χ2v) is 1.17. The van der Waals surface area contributed by atoms with E-state index in [-0.39, 0.29) is 6.61 Å². The van der Waals surface area contributed by atoms with Crippen LogP contribution in [0.1, 0.15) is 6.92 Å². The number of hydrogen-bond acceptors (Lipinski definition) is 5. The molecule has 0 aromatic rings. The van der Waals surface area contributed by atoms with Crippen molar-refractivity contribution in [2.75, 3.05) is 6.61 Å². The summed E-state index contributed by atoms with van der Waals surface area (Å²) in [6.07, 6.45) is 2.04. The van der Waals surface area contributed by atoms with E-state index in [4.69, 9.17) is 5.26 Å². The molecule has 0 radical (unpaired) electrons. The molecule has 54 valence electrons. The SMILES string of the molecule is CCOC(=O)C=NOC#N. The summed E-state index contributed by atoms with van der Waals surface area (Å²) in [5.74, 6) is -0.627. The summed E-state index contributed by atoms with van der Waals surface area (Å²) in [7, 11) is 0. The largest absolute Gasteiger partial charge is 0.462 e. The van der Waals surface area contributed by atoms with Gasteiger partial charge in [-0.3, -0.25) is 4.84 Å². The molecule has 5 nitrogen and oxygen atoms in total. The van der Waals surface area contributed by atoms with Crippen molar-refractivity contribution in [3.63, 3.8) is 0 Å². The van der Waals surface area contributed by atoms with Crippen LogP contribution in [0.25, 0.3) is 0 Å². The van der Waals surface area contributed by atoms with Crippen LogP contribution >= 0.6 is 0 Å². The molecular formula is C5H6N2O3. The van der Waals surface area contributed by atoms with Crippen LogP contribution in [0.15, 0.2) is 5.16 Å². The number of nitrogens with zero attached hydrogens (tertiary/aromatic N) is 2. The zero-order chi connectivity index (χ0) is 7.82. The van der Waals surface area contributed by atoms with Gasteiger partial charge in [-0.2, -0.15) is 0 Å². The van der Waals surface area contributed by atoms with Crippen LogP contribution in [0.3, 0.4) is 0 Å². The van der Waals surface area contributed by atoms with E-state index >= 15 is 0 Å². The molecule has 0 saturated heterocycles. The highest BCUT2D eigenvalue weighted by Gasteiger charge is 1.92. The van der Waals surface area contributed by atoms with Gasteiger partial charge in [0.2, 0.25) is 0 Å². The highest BCUT2D eigenvalue weighted by molar-refractivity contribution is 6.22. The molecule has 0 aliphatic rings. The van der Waals surface area contributed by atoms with Crippen molar-refractivity contribution in [1.82, 2.24) is 0 Å². The molecule has 0 heterocycles. The summed E-state index contributed by atoms with van der Waals surface area (Å²) < 4.78 is 4.41. The van der Waals surface area contributed by atoms with Crippen molar-refractivity contribution >= 4 is 12.2 Å². The molecule has 0 aliphatic carbocycles. The van der Waals surface area contributed by atoms with E-state index in [0.29, 0.717) is 0 Å². The van der Waals surface area contributed by atoms with Gasteiger partial charge in [0.25, 0.3) is 0 Å². The quantitative estimate of drug-likeness (QED) is 0.241. The van der Waals surface area contributed by atoms with Crippen molar-refractivity contribution in [3.05, 3.63) is 0 Å². The summed E-state index contributed by atoms with van der Waals surface area (Å²) >= 11 is 0. The van der Waals surface area contributed by atoms with E-state index in [1.165, 1.54) is 6.26 Å². The molecule has 0 amide bonds. The van der Waals surface area contributed by atoms with Crippen LogP contribution in [0.4, 0.5) is 0 Å². The minimum absolute atomic E-state index is 0.275. The van der Waals surface area contributed by atoms with Gasteiger partial charge in [-0.05, 0) is 6.92 Å². The second-order valence-electron chi connectivity index (χ2n) is 1.17. The third-order valence-corrected chi connectivity index (χ3v) is 0.538. The molecule has 0 bridgehead atoms. The third-order valence-electron chi connectivity index (χ3n) is 0.538. The number of hydrogen-bond donors (Lipinski definition) is 0. The van der Waals surface area contributed by atoms with E-state index in [1.54, 1.807) is 6.92 Å². The second kappa shape index (κ2) is 5.56. The molecule has 0 fully saturated rings. The maximum Gasteiger partial charge on any atom is 0.352 e. The lowest BCUT2D eigenvalue weighted by Crippen LogP contribution is -2.04. The Labute approximate surface area is 57.8 Å². The van der Waals surface area contributed by atoms with Gasteiger partial charge in [0, 0.05) is 0 Å². The van der Waals surface area contributed by atoms with Crippen LogP contribution in [-0.2, 0) is 14.4 Å². The highest BCUT2D eigenvalue weighted by Crippen LogP contribution is 1.74. The van der Waals surface area contributed by atoms with Gasteiger partial charge in [-0.25, -0.2) is 4.79 Å². The smallest absolute Gasteiger partial charge is 0.352 e. The molecule has 5 heteroatoms. The predicted molar refractivity (Wildman–Crippen MR) is 31.8 cm³/mol. The van der Waals surface area contributed by atoms with Gasteiger partial charge >= 0.3 is 12.2 Å². The Bertz CT molecular complexity index is 170. The van der Waals surface area contributed by atoms with Gasteiger partial charge in [0.05, 0.1) is 6.61 Å². The van der Waals surface area contributed by atoms with Gasteiger partial charge < -0.3 is 4.74 Å². The van der Waals surface area contributed by atoms with E-state index < -0.39 is 5.97 Å². The Morgan fingerprint density at radius 1 is 1.90 bits per heavy atom. The Kier molecular flexibility index (Phi) is 4.69. The number of nitriles is 1. The average Bonchev–Trinajstić information content (AvgIpc) is 1.89. The fraction of sp³-hybridized carbons (Fsp3) is 0.400. The lowest BCUT2D eigenvalue weighted by atomic mass is 10.7. The number of carbonyl (C=O) groups excluding carboxylic acids is 1. The predicted octanol–water partition coefficient (Wildman–Crippen LogP) is 0.0330. The standard InChI is InChI=1S/C5H6N2O3/c1-2-9-5(8)3-7-10-4-6/h3H,2H2,1H3. The first-order valence-electron chi connectivity index (χ1n) is 2.56. The summed E-state index contributed by atoms with van der Waals surface area (Å²) in [6, 6.07) is 0. The van der Waals surface area contributed by atoms with E-state index in [9.17, 15) is 4.79 Å². The molecule has 0 aliphatic heterocycles. The van der Waals surface area contributed by atoms with Crippen molar-refractivity contribution in [1.29, 1.82) is 5.26 Å². The summed E-state index contributed by atoms with van der Waals surface area (Å²) in [5.41, 5.74) is 0. The monoisotopic (exact) mass is 142 g/mol. The molecule has 0 N–H and O–H groups in total. The van der Waals surface area contributed by atoms with Crippen molar-refractivity contribution in [2.24, 2.45) is 5.16 Å². The summed E-state index contributed by atoms with van der Waals surface area (Å²) in [5, 5.41) is 10.7. The van der Waals surface area contributed by atoms with Gasteiger partial charge in [-0.15, -0.1) is 5.26 Å². The highest BCUT2D eigenvalue weighted by atomic mass is 16.6. The number of rotatable bonds is 3. The number of carbonyl (C=O) groups is 1. The van der Waals surface area contributed by atoms with E-state index in [1.807, 2.05) is 0 Å². The summed E-state index contributed by atoms with van der Waals surface area (Å²) in [6.45, 7) is 1.94. The Morgan fingerprint density at radius 2 is 2.60 bits per heavy atom. The first kappa shape index (κ1) is 8.43. The van der Waals surface area contributed by atoms with Crippen molar-refractivity contribution in [3.8, 4) is 6.26 Å². The van der Waals surface area contributed by atoms with Crippen LogP contribution in [0.5, 0.6) is 0 Å². The van der Waals surface area contributed by atoms with Crippen LogP contribution in [0.2, 0.25) is 0 Å². The van der Waals surface area contributed by atoms with Crippen molar-refractivity contribution < 1.29 is 14.4 Å². The van der Waals surface area contributed by atoms with Gasteiger partial charge in [0.1, 0.15) is 0 Å². The topological polar surface area (TPSA) is 71.7 Å². The van der Waals surface area contributed by atoms with E-state index in [0.717, 1.165) is 6.21 Å². The Hall–Kier alpha value is -1.57. The Balaban J connectivity index is 3.48. The van der Waals surface area contributed by atoms with Crippen LogP contribution < -0.4 is 0 Å². The lowest BCUT2D eigenvalue weighted by molar-refractivity contribution is -0.134. The molecule has 0 aromatic carbocycles. The zero-order valence-corrected chi connectivity index (χ0v) is 5.40. The minimum Gasteiger partial charge on any atom is -0.462 e. The first-order valence-corrected chi connectivity index (χ1v) is 2.56. The molecule has 0 rings (SSSR count). The first-order chi connectivity index (χ1) is 4.81. The number of ether oxygens (including phenoxy) is 1. The number of esters is 1. The van der Waals surface area contributed by atoms with Gasteiger partial charge in [-0.1, -0.05) is 5.16 Å². The fourth-order valence-corrected chi connectivity index (χ4v) is 0.272. The maximum atomic E-state index is 10.4. The fourth-order valence-electron chi connectivity index (χ4n) is 0.272. The van der Waals surface area contributed by atoms with E-state index in [2.05, 4.69) is 14.7 Å². The van der Waals surface area contributed by atoms with Gasteiger partial charge in [0.15, 0.2) is 6.21 Å². The number of oxime groups is 1. The summed E-state index contributed by atoms with van der Waals surface area (Å²) in [4.78, 5) is 14.2. The molecule has 10 heavy (non-hydrogen) atoms. The molecule has 0 saturated carbocycles. The van der Waals surface area contributed by atoms with Crippen LogP contribution in [-0.4, -0.2) is 18.8 Å². The zero-order valence-electron chi connectivity index (χ0n) is 5.40. The molecular weight excluding hydrogens is 136 g/mol. The van der Waals surface area contributed by atoms with Crippen molar-refractivity contribution in [2.45, 2.75) is 6.92 Å². The lowest BCUT2D eigenvalue weighted by Gasteiger charge is -1.91. The molecule has 0 spiro atoms. The Morgan fingerprint density at radius 3 is 3.10 bits per heavy atom. The maximum absolute atomic E-state index is 10.4. The minimum atomic E-state index is -0.627. The molecule has 0 atom stereocenters. The third kappa shape index (κ3) is 4.59. The molecule has 0 aromatic heterocycles. The van der Waals surface area contributed by atoms with Crippen LogP contribution in [0, 0.1) is 11.5 Å². The normalized spacial score (nSPS) is 8.80. The average molecular weight is 142 g/mol. The molecule has 0 unspecified atom stereocenters.